The summed E-state index contributed by atoms with van der Waals surface area (Å²) in [6.45, 7) is 0. The molecule has 0 aliphatic carbocycles. The van der Waals surface area contributed by atoms with Crippen LogP contribution in [0.2, 0.25) is 0 Å². The molecule has 10 rings (SSSR count). The molecule has 0 amide bonds. The van der Waals surface area contributed by atoms with Crippen molar-refractivity contribution >= 4 is 71.1 Å². The van der Waals surface area contributed by atoms with Crippen LogP contribution in [0.3, 0.4) is 0 Å². The van der Waals surface area contributed by atoms with Gasteiger partial charge in [-0.2, -0.15) is 0 Å². The van der Waals surface area contributed by atoms with Crippen molar-refractivity contribution in [3.05, 3.63) is 140 Å². The number of hydrogen-bond donors (Lipinski definition) is 0. The summed E-state index contributed by atoms with van der Waals surface area (Å²) in [5, 5.41) is 7.04. The number of rotatable bonds is 2. The van der Waals surface area contributed by atoms with Crippen molar-refractivity contribution in [2.24, 2.45) is 0 Å². The van der Waals surface area contributed by atoms with E-state index in [-0.39, 0.29) is 0 Å². The van der Waals surface area contributed by atoms with Crippen molar-refractivity contribution in [3.63, 3.8) is 0 Å². The van der Waals surface area contributed by atoms with Crippen molar-refractivity contribution in [3.8, 4) is 11.4 Å². The molecule has 200 valence electrons. The van der Waals surface area contributed by atoms with Crippen molar-refractivity contribution in [2.45, 2.75) is 0 Å². The number of imidazole rings is 1. The van der Waals surface area contributed by atoms with E-state index in [0.717, 1.165) is 44.3 Å². The van der Waals surface area contributed by atoms with Gasteiger partial charge in [-0.25, -0.2) is 4.98 Å². The van der Waals surface area contributed by atoms with Crippen molar-refractivity contribution in [2.75, 3.05) is 0 Å². The minimum Gasteiger partial charge on any atom is -0.307 e. The average molecular weight is 550 g/mol. The van der Waals surface area contributed by atoms with E-state index in [1.807, 2.05) is 18.5 Å². The van der Waals surface area contributed by atoms with Gasteiger partial charge in [0, 0.05) is 62.3 Å². The van der Waals surface area contributed by atoms with E-state index in [9.17, 15) is 0 Å². The molecule has 0 spiro atoms. The maximum Gasteiger partial charge on any atom is 0.146 e. The lowest BCUT2D eigenvalue weighted by molar-refractivity contribution is 1.15. The Morgan fingerprint density at radius 3 is 1.74 bits per heavy atom. The van der Waals surface area contributed by atoms with Crippen LogP contribution in [-0.2, 0) is 0 Å². The van der Waals surface area contributed by atoms with Crippen LogP contribution in [0.15, 0.2) is 140 Å². The largest absolute Gasteiger partial charge is 0.307 e. The molecule has 10 aromatic rings. The Labute approximate surface area is 245 Å². The van der Waals surface area contributed by atoms with Gasteiger partial charge in [-0.1, -0.05) is 72.8 Å². The number of aromatic nitrogens is 5. The fourth-order valence-electron chi connectivity index (χ4n) is 7.22. The van der Waals surface area contributed by atoms with Gasteiger partial charge < -0.3 is 9.13 Å². The molecule has 0 unspecified atom stereocenters. The highest BCUT2D eigenvalue weighted by atomic mass is 15.1. The Kier molecular flexibility index (Phi) is 4.39. The normalized spacial score (nSPS) is 12.2. The third-order valence-electron chi connectivity index (χ3n) is 8.91. The molecule has 5 aromatic heterocycles. The van der Waals surface area contributed by atoms with Gasteiger partial charge in [0.15, 0.2) is 0 Å². The van der Waals surface area contributed by atoms with E-state index in [0.29, 0.717) is 0 Å². The van der Waals surface area contributed by atoms with Gasteiger partial charge >= 0.3 is 0 Å². The zero-order valence-electron chi connectivity index (χ0n) is 23.0. The van der Waals surface area contributed by atoms with Crippen LogP contribution in [0.1, 0.15) is 0 Å². The smallest absolute Gasteiger partial charge is 0.146 e. The van der Waals surface area contributed by atoms with E-state index < -0.39 is 0 Å². The molecule has 5 nitrogen and oxygen atoms in total. The first kappa shape index (κ1) is 22.7. The Bertz CT molecular complexity index is 2710. The summed E-state index contributed by atoms with van der Waals surface area (Å²) in [5.41, 5.74) is 9.95. The molecule has 0 atom stereocenters. The number of nitrogens with zero attached hydrogens (tertiary/aromatic N) is 5. The first-order valence-corrected chi connectivity index (χ1v) is 14.5. The van der Waals surface area contributed by atoms with Crippen molar-refractivity contribution in [1.82, 2.24) is 23.5 Å². The lowest BCUT2D eigenvalue weighted by Gasteiger charge is -2.14. The van der Waals surface area contributed by atoms with E-state index in [1.54, 1.807) is 0 Å². The van der Waals surface area contributed by atoms with Crippen LogP contribution in [0.25, 0.3) is 82.4 Å². The molecular weight excluding hydrogens is 526 g/mol. The fourth-order valence-corrected chi connectivity index (χ4v) is 7.22. The highest BCUT2D eigenvalue weighted by Gasteiger charge is 2.24. The Morgan fingerprint density at radius 2 is 0.977 bits per heavy atom. The maximum atomic E-state index is 4.87. The van der Waals surface area contributed by atoms with Crippen LogP contribution in [0, 0.1) is 0 Å². The highest BCUT2D eigenvalue weighted by molar-refractivity contribution is 6.28. The zero-order valence-corrected chi connectivity index (χ0v) is 23.0. The summed E-state index contributed by atoms with van der Waals surface area (Å²) in [5.74, 6) is 0. The second-order valence-corrected chi connectivity index (χ2v) is 11.1. The van der Waals surface area contributed by atoms with Crippen LogP contribution in [0.4, 0.5) is 0 Å². The topological polar surface area (TPSA) is 40.1 Å². The Hall–Kier alpha value is -5.94. The van der Waals surface area contributed by atoms with Gasteiger partial charge in [0.2, 0.25) is 0 Å². The molecule has 0 saturated carbocycles. The molecule has 0 fully saturated rings. The molecule has 5 aromatic carbocycles. The quantitative estimate of drug-likeness (QED) is 0.202. The highest BCUT2D eigenvalue weighted by Crippen LogP contribution is 2.44. The predicted octanol–water partition coefficient (Wildman–Crippen LogP) is 9.23. The van der Waals surface area contributed by atoms with Gasteiger partial charge in [0.05, 0.1) is 33.1 Å². The summed E-state index contributed by atoms with van der Waals surface area (Å²) >= 11 is 0. The minimum absolute atomic E-state index is 0.913. The van der Waals surface area contributed by atoms with Crippen LogP contribution < -0.4 is 0 Å². The molecule has 43 heavy (non-hydrogen) atoms. The number of pyridine rings is 2. The van der Waals surface area contributed by atoms with E-state index >= 15 is 0 Å². The summed E-state index contributed by atoms with van der Waals surface area (Å²) in [6.07, 6.45) is 5.84. The number of para-hydroxylation sites is 3. The number of benzene rings is 5. The first-order valence-electron chi connectivity index (χ1n) is 14.5. The van der Waals surface area contributed by atoms with Crippen LogP contribution >= 0.6 is 0 Å². The molecule has 0 bridgehead atoms. The van der Waals surface area contributed by atoms with E-state index in [1.165, 1.54) is 38.1 Å². The monoisotopic (exact) mass is 549 g/mol. The number of fused-ring (bicyclic) bond motifs is 14. The van der Waals surface area contributed by atoms with E-state index in [2.05, 4.69) is 135 Å². The molecule has 0 N–H and O–H groups in total. The van der Waals surface area contributed by atoms with Gasteiger partial charge in [0.25, 0.3) is 0 Å². The third kappa shape index (κ3) is 2.90. The molecule has 0 aliphatic heterocycles. The average Bonchev–Trinajstić information content (AvgIpc) is 3.78. The van der Waals surface area contributed by atoms with Gasteiger partial charge in [0.1, 0.15) is 5.65 Å². The Morgan fingerprint density at radius 1 is 0.395 bits per heavy atom. The van der Waals surface area contributed by atoms with Crippen LogP contribution in [-0.4, -0.2) is 23.5 Å². The molecule has 0 saturated heterocycles. The summed E-state index contributed by atoms with van der Waals surface area (Å²) < 4.78 is 7.13. The standard InChI is InChI=1S/C38H23N5/c1-3-10-24(11-4-1)42-32-16-8-7-14-26(32)27-17-18-29-28-19-20-30-33-31(15-9-21-39-33)38-40-22-23-41(38)34(30)35(28)43(37(29)36(27)42)25-12-5-2-6-13-25/h1-23H. The predicted molar refractivity (Wildman–Crippen MR) is 177 cm³/mol. The summed E-state index contributed by atoms with van der Waals surface area (Å²) in [4.78, 5) is 9.67. The minimum atomic E-state index is 0.913. The zero-order chi connectivity index (χ0) is 28.1. The summed E-state index contributed by atoms with van der Waals surface area (Å²) in [7, 11) is 0. The maximum absolute atomic E-state index is 4.87. The van der Waals surface area contributed by atoms with Crippen molar-refractivity contribution in [1.29, 1.82) is 0 Å². The van der Waals surface area contributed by atoms with Crippen LogP contribution in [0.5, 0.6) is 0 Å². The number of hydrogen-bond acceptors (Lipinski definition) is 2. The lowest BCUT2D eigenvalue weighted by Crippen LogP contribution is -2.00. The lowest BCUT2D eigenvalue weighted by atomic mass is 10.1. The molecule has 0 aliphatic rings. The molecule has 5 heterocycles. The Balaban J connectivity index is 1.55. The van der Waals surface area contributed by atoms with Crippen molar-refractivity contribution < 1.29 is 0 Å². The van der Waals surface area contributed by atoms with Gasteiger partial charge in [-0.15, -0.1) is 0 Å². The van der Waals surface area contributed by atoms with Gasteiger partial charge in [-0.05, 0) is 48.5 Å². The molecule has 0 radical (unpaired) electrons. The third-order valence-corrected chi connectivity index (χ3v) is 8.91. The van der Waals surface area contributed by atoms with Gasteiger partial charge in [-0.3, -0.25) is 9.38 Å². The first-order chi connectivity index (χ1) is 21.4. The van der Waals surface area contributed by atoms with E-state index in [4.69, 9.17) is 9.97 Å². The second kappa shape index (κ2) is 8.30. The second-order valence-electron chi connectivity index (χ2n) is 11.1. The summed E-state index contributed by atoms with van der Waals surface area (Å²) in [6, 6.07) is 43.4. The fraction of sp³-hybridized carbons (Fsp3) is 0. The molecular formula is C38H23N5. The SMILES string of the molecule is c1ccc(-n2c3ccccc3c3ccc4c5ccc6c7ncccc7c7nccn7c6c5n(-c5ccccc5)c4c32)cc1. The molecule has 5 heteroatoms.